The van der Waals surface area contributed by atoms with Crippen LogP contribution in [-0.4, -0.2) is 29.7 Å². The Hall–Kier alpha value is -2.84. The summed E-state index contributed by atoms with van der Waals surface area (Å²) < 4.78 is 10.7. The molecular weight excluding hydrogens is 376 g/mol. The highest BCUT2D eigenvalue weighted by molar-refractivity contribution is 7.14. The van der Waals surface area contributed by atoms with Crippen molar-refractivity contribution in [2.45, 2.75) is 0 Å². The molecule has 0 bridgehead atoms. The summed E-state index contributed by atoms with van der Waals surface area (Å²) in [6, 6.07) is 8.73. The van der Waals surface area contributed by atoms with Crippen molar-refractivity contribution in [3.05, 3.63) is 46.4 Å². The quantitative estimate of drug-likeness (QED) is 0.660. The molecule has 2 aromatic heterocycles. The first-order valence-electron chi connectivity index (χ1n) is 7.64. The summed E-state index contributed by atoms with van der Waals surface area (Å²) in [4.78, 5) is 21.0. The van der Waals surface area contributed by atoms with Gasteiger partial charge in [0, 0.05) is 23.6 Å². The maximum atomic E-state index is 12.4. The van der Waals surface area contributed by atoms with Gasteiger partial charge >= 0.3 is 0 Å². The number of pyridine rings is 1. The van der Waals surface area contributed by atoms with Gasteiger partial charge in [0.2, 0.25) is 6.79 Å². The summed E-state index contributed by atoms with van der Waals surface area (Å²) in [5.41, 5.74) is 2.02. The number of ether oxygens (including phenoxy) is 2. The van der Waals surface area contributed by atoms with Gasteiger partial charge < -0.3 is 14.8 Å². The molecule has 132 valence electrons. The minimum absolute atomic E-state index is 0.222. The number of thiazole rings is 1. The molecule has 9 heteroatoms. The van der Waals surface area contributed by atoms with Crippen LogP contribution in [-0.2, 0) is 0 Å². The van der Waals surface area contributed by atoms with Gasteiger partial charge in [-0.25, -0.2) is 9.97 Å². The van der Waals surface area contributed by atoms with Gasteiger partial charge in [-0.2, -0.15) is 0 Å². The first kappa shape index (κ1) is 16.6. The third-order valence-electron chi connectivity index (χ3n) is 3.71. The molecule has 7 nitrogen and oxygen atoms in total. The molecule has 0 aliphatic carbocycles. The number of carbonyl (C=O) groups excluding carboxylic acids is 1. The summed E-state index contributed by atoms with van der Waals surface area (Å²) >= 11 is 7.28. The van der Waals surface area contributed by atoms with E-state index in [0.717, 1.165) is 11.3 Å². The van der Waals surface area contributed by atoms with E-state index in [0.29, 0.717) is 28.0 Å². The van der Waals surface area contributed by atoms with Gasteiger partial charge in [0.1, 0.15) is 11.0 Å². The van der Waals surface area contributed by atoms with Crippen LogP contribution >= 0.6 is 22.9 Å². The monoisotopic (exact) mass is 388 g/mol. The normalized spacial score (nSPS) is 12.1. The number of nitrogens with zero attached hydrogens (tertiary/aromatic N) is 2. The van der Waals surface area contributed by atoms with E-state index in [1.54, 1.807) is 13.1 Å². The number of nitrogens with one attached hydrogen (secondary N) is 2. The molecule has 3 aromatic rings. The molecule has 0 radical (unpaired) electrons. The number of hydrogen-bond acceptors (Lipinski definition) is 7. The van der Waals surface area contributed by atoms with E-state index in [2.05, 4.69) is 20.6 Å². The zero-order chi connectivity index (χ0) is 18.1. The number of fused-ring (bicyclic) bond motifs is 1. The molecule has 0 unspecified atom stereocenters. The molecule has 1 aliphatic heterocycles. The Morgan fingerprint density at radius 2 is 2.04 bits per heavy atom. The summed E-state index contributed by atoms with van der Waals surface area (Å²) in [6.07, 6.45) is 0. The molecule has 0 saturated carbocycles. The fraction of sp³-hybridized carbons (Fsp3) is 0.118. The van der Waals surface area contributed by atoms with Gasteiger partial charge in [-0.1, -0.05) is 11.6 Å². The molecule has 2 N–H and O–H groups in total. The minimum atomic E-state index is -0.308. The number of amides is 1. The maximum absolute atomic E-state index is 12.4. The molecule has 3 heterocycles. The number of rotatable bonds is 4. The Balaban J connectivity index is 1.53. The Morgan fingerprint density at radius 1 is 1.19 bits per heavy atom. The van der Waals surface area contributed by atoms with Crippen molar-refractivity contribution in [1.29, 1.82) is 0 Å². The van der Waals surface area contributed by atoms with Crippen LogP contribution in [0.4, 0.5) is 10.9 Å². The first-order valence-corrected chi connectivity index (χ1v) is 8.90. The summed E-state index contributed by atoms with van der Waals surface area (Å²) in [6.45, 7) is 0.222. The SMILES string of the molecule is CNc1cc(C(=O)Nc2nc(-c3ccc4c(c3)OCO4)cs2)cc(Cl)n1. The lowest BCUT2D eigenvalue weighted by Crippen LogP contribution is -2.12. The van der Waals surface area contributed by atoms with Crippen LogP contribution in [0, 0.1) is 0 Å². The van der Waals surface area contributed by atoms with E-state index in [9.17, 15) is 4.79 Å². The lowest BCUT2D eigenvalue weighted by Gasteiger charge is -2.05. The molecule has 0 atom stereocenters. The predicted molar refractivity (Wildman–Crippen MR) is 100 cm³/mol. The van der Waals surface area contributed by atoms with Crippen LogP contribution in [0.2, 0.25) is 5.15 Å². The van der Waals surface area contributed by atoms with Crippen molar-refractivity contribution < 1.29 is 14.3 Å². The number of anilines is 2. The maximum Gasteiger partial charge on any atom is 0.257 e. The molecule has 1 aliphatic rings. The lowest BCUT2D eigenvalue weighted by molar-refractivity contribution is 0.102. The van der Waals surface area contributed by atoms with Crippen LogP contribution in [0.3, 0.4) is 0 Å². The average Bonchev–Trinajstić information content (AvgIpc) is 3.29. The number of carbonyl (C=O) groups is 1. The van der Waals surface area contributed by atoms with Gasteiger partial charge in [0.15, 0.2) is 16.6 Å². The van der Waals surface area contributed by atoms with E-state index in [4.69, 9.17) is 21.1 Å². The van der Waals surface area contributed by atoms with E-state index >= 15 is 0 Å². The van der Waals surface area contributed by atoms with Crippen LogP contribution in [0.15, 0.2) is 35.7 Å². The zero-order valence-electron chi connectivity index (χ0n) is 13.6. The van der Waals surface area contributed by atoms with Crippen LogP contribution in [0.1, 0.15) is 10.4 Å². The zero-order valence-corrected chi connectivity index (χ0v) is 15.1. The second-order valence-corrected chi connectivity index (χ2v) is 6.62. The molecule has 1 aromatic carbocycles. The van der Waals surface area contributed by atoms with Gasteiger partial charge in [0.25, 0.3) is 5.91 Å². The van der Waals surface area contributed by atoms with Crippen molar-refractivity contribution in [3.8, 4) is 22.8 Å². The second kappa shape index (κ2) is 6.81. The van der Waals surface area contributed by atoms with Gasteiger partial charge in [-0.05, 0) is 30.3 Å². The van der Waals surface area contributed by atoms with Crippen LogP contribution in [0.5, 0.6) is 11.5 Å². The highest BCUT2D eigenvalue weighted by atomic mass is 35.5. The van der Waals surface area contributed by atoms with Gasteiger partial charge in [-0.15, -0.1) is 11.3 Å². The number of benzene rings is 1. The van der Waals surface area contributed by atoms with Crippen molar-refractivity contribution in [2.24, 2.45) is 0 Å². The summed E-state index contributed by atoms with van der Waals surface area (Å²) in [7, 11) is 1.71. The highest BCUT2D eigenvalue weighted by Crippen LogP contribution is 2.36. The number of hydrogen-bond donors (Lipinski definition) is 2. The molecule has 1 amide bonds. The smallest absolute Gasteiger partial charge is 0.257 e. The second-order valence-electron chi connectivity index (χ2n) is 5.37. The predicted octanol–water partition coefficient (Wildman–Crippen LogP) is 3.88. The topological polar surface area (TPSA) is 85.4 Å². The standard InChI is InChI=1S/C17H13ClN4O3S/c1-19-15-6-10(5-14(18)21-15)16(23)22-17-20-11(7-26-17)9-2-3-12-13(4-9)25-8-24-12/h2-7H,8H2,1H3,(H,19,21)(H,20,22,23). The Bertz CT molecular complexity index is 992. The van der Waals surface area contributed by atoms with Gasteiger partial charge in [0.05, 0.1) is 5.69 Å². The molecular formula is C17H13ClN4O3S. The fourth-order valence-electron chi connectivity index (χ4n) is 2.44. The van der Waals surface area contributed by atoms with Crippen molar-refractivity contribution in [3.63, 3.8) is 0 Å². The summed E-state index contributed by atoms with van der Waals surface area (Å²) in [5, 5.41) is 8.23. The average molecular weight is 389 g/mol. The Labute approximate surface area is 158 Å². The van der Waals surface area contributed by atoms with Crippen LogP contribution in [0.25, 0.3) is 11.3 Å². The lowest BCUT2D eigenvalue weighted by atomic mass is 10.1. The van der Waals surface area contributed by atoms with E-state index in [1.807, 2.05) is 23.6 Å². The largest absolute Gasteiger partial charge is 0.454 e. The first-order chi connectivity index (χ1) is 12.6. The molecule has 0 fully saturated rings. The number of halogens is 1. The third kappa shape index (κ3) is 3.29. The van der Waals surface area contributed by atoms with E-state index in [1.165, 1.54) is 17.4 Å². The Kier molecular flexibility index (Phi) is 4.36. The van der Waals surface area contributed by atoms with Crippen molar-refractivity contribution in [1.82, 2.24) is 9.97 Å². The third-order valence-corrected chi connectivity index (χ3v) is 4.66. The minimum Gasteiger partial charge on any atom is -0.454 e. The fourth-order valence-corrected chi connectivity index (χ4v) is 3.37. The molecule has 4 rings (SSSR count). The number of aromatic nitrogens is 2. The van der Waals surface area contributed by atoms with Gasteiger partial charge in [-0.3, -0.25) is 10.1 Å². The highest BCUT2D eigenvalue weighted by Gasteiger charge is 2.16. The van der Waals surface area contributed by atoms with E-state index < -0.39 is 0 Å². The molecule has 0 spiro atoms. The Morgan fingerprint density at radius 3 is 2.88 bits per heavy atom. The molecule has 0 saturated heterocycles. The van der Waals surface area contributed by atoms with E-state index in [-0.39, 0.29) is 17.9 Å². The van der Waals surface area contributed by atoms with Crippen molar-refractivity contribution >= 4 is 39.8 Å². The van der Waals surface area contributed by atoms with Crippen molar-refractivity contribution in [2.75, 3.05) is 24.5 Å². The summed E-state index contributed by atoms with van der Waals surface area (Å²) in [5.74, 6) is 1.61. The molecule has 26 heavy (non-hydrogen) atoms. The van der Waals surface area contributed by atoms with Crippen LogP contribution < -0.4 is 20.1 Å².